The van der Waals surface area contributed by atoms with Gasteiger partial charge in [-0.2, -0.15) is 0 Å². The highest BCUT2D eigenvalue weighted by Crippen LogP contribution is 2.17. The zero-order valence-electron chi connectivity index (χ0n) is 13.8. The van der Waals surface area contributed by atoms with Crippen LogP contribution in [-0.2, 0) is 4.79 Å². The van der Waals surface area contributed by atoms with E-state index >= 15 is 0 Å². The van der Waals surface area contributed by atoms with Gasteiger partial charge in [-0.1, -0.05) is 40.5 Å². The Hall–Kier alpha value is -0.610. The van der Waals surface area contributed by atoms with Crippen LogP contribution in [0.25, 0.3) is 0 Å². The summed E-state index contributed by atoms with van der Waals surface area (Å²) in [5.74, 6) is 0.317. The summed E-state index contributed by atoms with van der Waals surface area (Å²) < 4.78 is 0. The van der Waals surface area contributed by atoms with E-state index in [9.17, 15) is 4.79 Å². The third kappa shape index (κ3) is 4.74. The molecule has 0 bridgehead atoms. The molecule has 2 unspecified atom stereocenters. The lowest BCUT2D eigenvalue weighted by Gasteiger charge is -2.27. The second-order valence-electron chi connectivity index (χ2n) is 5.75. The van der Waals surface area contributed by atoms with Crippen molar-refractivity contribution >= 4 is 5.91 Å². The molecule has 2 atom stereocenters. The van der Waals surface area contributed by atoms with E-state index in [0.717, 1.165) is 51.9 Å². The number of nitrogens with zero attached hydrogens (tertiary/aromatic N) is 2. The van der Waals surface area contributed by atoms with E-state index in [0.29, 0.717) is 5.91 Å². The second-order valence-corrected chi connectivity index (χ2v) is 5.75. The van der Waals surface area contributed by atoms with E-state index in [-0.39, 0.29) is 12.2 Å². The number of carbonyl (C=O) groups is 1. The fourth-order valence-corrected chi connectivity index (χ4v) is 2.96. The predicted molar refractivity (Wildman–Crippen MR) is 84.6 cm³/mol. The van der Waals surface area contributed by atoms with Gasteiger partial charge in [-0.25, -0.2) is 0 Å². The summed E-state index contributed by atoms with van der Waals surface area (Å²) in [7, 11) is 0. The summed E-state index contributed by atoms with van der Waals surface area (Å²) in [4.78, 5) is 17.0. The normalized spacial score (nSPS) is 23.1. The fraction of sp³-hybridized carbons (Fsp3) is 0.938. The largest absolute Gasteiger partial charge is 0.325 e. The number of amides is 1. The van der Waals surface area contributed by atoms with Crippen molar-refractivity contribution in [3.63, 3.8) is 0 Å². The van der Waals surface area contributed by atoms with Crippen LogP contribution in [0.5, 0.6) is 0 Å². The van der Waals surface area contributed by atoms with Crippen molar-refractivity contribution in [2.75, 3.05) is 26.2 Å². The molecule has 1 rings (SSSR count). The Morgan fingerprint density at radius 2 is 1.90 bits per heavy atom. The number of hydrogen-bond acceptors (Lipinski definition) is 3. The number of rotatable bonds is 10. The van der Waals surface area contributed by atoms with Gasteiger partial charge in [-0.05, 0) is 32.4 Å². The van der Waals surface area contributed by atoms with Gasteiger partial charge in [0.15, 0.2) is 0 Å². The number of likely N-dealkylation sites (N-methyl/N-ethyl adjacent to an activating group) is 1. The molecule has 0 aromatic carbocycles. The molecule has 1 aliphatic rings. The highest BCUT2D eigenvalue weighted by molar-refractivity contribution is 5.84. The molecule has 1 heterocycles. The van der Waals surface area contributed by atoms with Gasteiger partial charge in [-0.3, -0.25) is 10.1 Å². The number of hydrogen-bond donors (Lipinski definition) is 1. The molecular formula is C16H33N3O. The van der Waals surface area contributed by atoms with Crippen molar-refractivity contribution in [1.29, 1.82) is 0 Å². The van der Waals surface area contributed by atoms with Crippen molar-refractivity contribution in [3.8, 4) is 0 Å². The number of carbonyl (C=O) groups excluding carboxylic acids is 1. The van der Waals surface area contributed by atoms with E-state index in [1.165, 1.54) is 6.42 Å². The van der Waals surface area contributed by atoms with Crippen LogP contribution in [0, 0.1) is 0 Å². The third-order valence-corrected chi connectivity index (χ3v) is 4.23. The van der Waals surface area contributed by atoms with Crippen LogP contribution in [0.1, 0.15) is 59.8 Å². The molecule has 0 aliphatic carbocycles. The van der Waals surface area contributed by atoms with Gasteiger partial charge in [0.25, 0.3) is 0 Å². The van der Waals surface area contributed by atoms with Crippen LogP contribution in [-0.4, -0.2) is 54.1 Å². The van der Waals surface area contributed by atoms with Gasteiger partial charge < -0.3 is 9.80 Å². The standard InChI is InChI=1S/C16H33N3O/c1-5-9-10-14-16(20)19(15(7-3)17-14)13-12-18(8-4)11-6-2/h14-15,17H,5-13H2,1-4H3. The van der Waals surface area contributed by atoms with Gasteiger partial charge in [0.05, 0.1) is 12.2 Å². The van der Waals surface area contributed by atoms with Crippen LogP contribution in [0.2, 0.25) is 0 Å². The minimum atomic E-state index is 0.0566. The van der Waals surface area contributed by atoms with Crippen molar-refractivity contribution < 1.29 is 4.79 Å². The summed E-state index contributed by atoms with van der Waals surface area (Å²) in [6.45, 7) is 12.8. The molecule has 0 aromatic rings. The maximum absolute atomic E-state index is 12.5. The molecule has 0 aromatic heterocycles. The van der Waals surface area contributed by atoms with Gasteiger partial charge in [0, 0.05) is 13.1 Å². The van der Waals surface area contributed by atoms with Gasteiger partial charge in [0.2, 0.25) is 5.91 Å². The molecule has 20 heavy (non-hydrogen) atoms. The van der Waals surface area contributed by atoms with E-state index in [1.54, 1.807) is 0 Å². The Balaban J connectivity index is 2.51. The molecule has 1 N–H and O–H groups in total. The molecule has 1 saturated heterocycles. The summed E-state index contributed by atoms with van der Waals surface area (Å²) in [6.07, 6.45) is 5.68. The van der Waals surface area contributed by atoms with Crippen LogP contribution >= 0.6 is 0 Å². The third-order valence-electron chi connectivity index (χ3n) is 4.23. The molecule has 0 saturated carbocycles. The van der Waals surface area contributed by atoms with Crippen LogP contribution in [0.4, 0.5) is 0 Å². The first kappa shape index (κ1) is 17.4. The maximum Gasteiger partial charge on any atom is 0.241 e. The molecule has 0 spiro atoms. The molecule has 1 fully saturated rings. The van der Waals surface area contributed by atoms with Crippen molar-refractivity contribution in [2.45, 2.75) is 72.0 Å². The summed E-state index contributed by atoms with van der Waals surface area (Å²) in [5, 5.41) is 3.51. The Morgan fingerprint density at radius 1 is 1.15 bits per heavy atom. The zero-order chi connectivity index (χ0) is 15.0. The van der Waals surface area contributed by atoms with E-state index < -0.39 is 0 Å². The Morgan fingerprint density at radius 3 is 2.45 bits per heavy atom. The smallest absolute Gasteiger partial charge is 0.241 e. The summed E-state index contributed by atoms with van der Waals surface area (Å²) in [5.41, 5.74) is 0. The molecule has 1 amide bonds. The van der Waals surface area contributed by atoms with Gasteiger partial charge >= 0.3 is 0 Å². The molecule has 0 radical (unpaired) electrons. The zero-order valence-corrected chi connectivity index (χ0v) is 13.8. The quantitative estimate of drug-likeness (QED) is 0.669. The molecule has 118 valence electrons. The monoisotopic (exact) mass is 283 g/mol. The first-order valence-corrected chi connectivity index (χ1v) is 8.46. The van der Waals surface area contributed by atoms with Crippen molar-refractivity contribution in [3.05, 3.63) is 0 Å². The Labute approximate surface area is 124 Å². The lowest BCUT2D eigenvalue weighted by molar-refractivity contribution is -0.130. The predicted octanol–water partition coefficient (Wildman–Crippen LogP) is 2.45. The average Bonchev–Trinajstić information content (AvgIpc) is 2.77. The van der Waals surface area contributed by atoms with E-state index in [1.807, 2.05) is 0 Å². The fourth-order valence-electron chi connectivity index (χ4n) is 2.96. The number of unbranched alkanes of at least 4 members (excludes halogenated alkanes) is 1. The molecule has 4 nitrogen and oxygen atoms in total. The minimum Gasteiger partial charge on any atom is -0.325 e. The van der Waals surface area contributed by atoms with Gasteiger partial charge in [-0.15, -0.1) is 0 Å². The molecule has 4 heteroatoms. The van der Waals surface area contributed by atoms with Crippen LogP contribution in [0.3, 0.4) is 0 Å². The Kier molecular flexibility index (Phi) is 8.15. The lowest BCUT2D eigenvalue weighted by atomic mass is 10.1. The van der Waals surface area contributed by atoms with E-state index in [4.69, 9.17) is 0 Å². The topological polar surface area (TPSA) is 35.6 Å². The maximum atomic E-state index is 12.5. The van der Waals surface area contributed by atoms with Crippen LogP contribution in [0.15, 0.2) is 0 Å². The van der Waals surface area contributed by atoms with Gasteiger partial charge in [0.1, 0.15) is 0 Å². The summed E-state index contributed by atoms with van der Waals surface area (Å²) >= 11 is 0. The van der Waals surface area contributed by atoms with E-state index in [2.05, 4.69) is 42.8 Å². The average molecular weight is 283 g/mol. The van der Waals surface area contributed by atoms with Crippen molar-refractivity contribution in [1.82, 2.24) is 15.1 Å². The molecule has 1 aliphatic heterocycles. The first-order chi connectivity index (χ1) is 9.67. The highest BCUT2D eigenvalue weighted by atomic mass is 16.2. The molecular weight excluding hydrogens is 250 g/mol. The highest BCUT2D eigenvalue weighted by Gasteiger charge is 2.36. The first-order valence-electron chi connectivity index (χ1n) is 8.46. The summed E-state index contributed by atoms with van der Waals surface area (Å²) in [6, 6.07) is 0.0566. The Bertz CT molecular complexity index is 283. The second kappa shape index (κ2) is 9.35. The minimum absolute atomic E-state index is 0.0566. The van der Waals surface area contributed by atoms with Crippen molar-refractivity contribution in [2.24, 2.45) is 0 Å². The SMILES string of the molecule is CCCCC1NC(CC)N(CCN(CC)CCC)C1=O. The van der Waals surface area contributed by atoms with Crippen LogP contribution < -0.4 is 5.32 Å². The lowest BCUT2D eigenvalue weighted by Crippen LogP contribution is -2.42. The number of nitrogens with one attached hydrogen (secondary N) is 1.